The van der Waals surface area contributed by atoms with Crippen LogP contribution in [0, 0.1) is 16.7 Å². The lowest BCUT2D eigenvalue weighted by Crippen LogP contribution is -2.61. The Bertz CT molecular complexity index is 1340. The van der Waals surface area contributed by atoms with E-state index in [-0.39, 0.29) is 28.2 Å². The van der Waals surface area contributed by atoms with Crippen LogP contribution in [0.5, 0.6) is 0 Å². The van der Waals surface area contributed by atoms with Crippen molar-refractivity contribution in [2.75, 3.05) is 6.54 Å². The van der Waals surface area contributed by atoms with Crippen LogP contribution in [0.3, 0.4) is 0 Å². The molecule has 5 atom stereocenters. The molecule has 3 aromatic rings. The van der Waals surface area contributed by atoms with Gasteiger partial charge in [0.05, 0.1) is 11.5 Å². The van der Waals surface area contributed by atoms with Gasteiger partial charge in [-0.05, 0) is 72.4 Å². The zero-order chi connectivity index (χ0) is 24.4. The molecule has 1 aliphatic carbocycles. The van der Waals surface area contributed by atoms with Gasteiger partial charge in [0.15, 0.2) is 0 Å². The average Bonchev–Trinajstić information content (AvgIpc) is 3.23. The maximum atomic E-state index is 14.4. The molecule has 3 aliphatic rings. The Kier molecular flexibility index (Phi) is 5.62. The van der Waals surface area contributed by atoms with E-state index >= 15 is 0 Å². The first-order chi connectivity index (χ1) is 16.8. The number of rotatable bonds is 4. The van der Waals surface area contributed by atoms with Crippen molar-refractivity contribution in [2.24, 2.45) is 16.7 Å². The number of amides is 1. The molecule has 182 valence electrons. The number of hydrogen-bond donors (Lipinski definition) is 1. The molecule has 2 saturated heterocycles. The van der Waals surface area contributed by atoms with Crippen LogP contribution in [0.4, 0.5) is 0 Å². The number of benzene rings is 2. The Morgan fingerprint density at radius 1 is 1.09 bits per heavy atom. The van der Waals surface area contributed by atoms with Crippen LogP contribution in [0.1, 0.15) is 61.5 Å². The van der Waals surface area contributed by atoms with E-state index in [1.807, 2.05) is 30.3 Å². The largest absolute Gasteiger partial charge is 0.335 e. The highest BCUT2D eigenvalue weighted by Crippen LogP contribution is 2.68. The van der Waals surface area contributed by atoms with E-state index in [9.17, 15) is 9.59 Å². The van der Waals surface area contributed by atoms with Crippen molar-refractivity contribution in [1.29, 1.82) is 0 Å². The van der Waals surface area contributed by atoms with Crippen LogP contribution in [-0.4, -0.2) is 26.7 Å². The molecule has 2 aliphatic heterocycles. The van der Waals surface area contributed by atoms with Gasteiger partial charge in [0.1, 0.15) is 5.82 Å². The number of H-pyrrole nitrogens is 1. The Hall–Kier alpha value is -2.15. The summed E-state index contributed by atoms with van der Waals surface area (Å²) in [6, 6.07) is 15.9. The molecule has 1 N–H and O–H groups in total. The molecule has 1 aromatic heterocycles. The molecule has 3 heterocycles. The summed E-state index contributed by atoms with van der Waals surface area (Å²) in [6.07, 6.45) is 4.41. The zero-order valence-corrected chi connectivity index (χ0v) is 21.8. The molecule has 2 unspecified atom stereocenters. The highest BCUT2D eigenvalue weighted by molar-refractivity contribution is 7.02. The van der Waals surface area contributed by atoms with E-state index in [4.69, 9.17) is 23.2 Å². The average molecular weight is 529 g/mol. The summed E-state index contributed by atoms with van der Waals surface area (Å²) in [6.45, 7) is 2.89. The predicted molar refractivity (Wildman–Crippen MR) is 139 cm³/mol. The molecule has 1 amide bonds. The number of halogens is 2. The van der Waals surface area contributed by atoms with Gasteiger partial charge in [-0.1, -0.05) is 54.4 Å². The highest BCUT2D eigenvalue weighted by Gasteiger charge is 2.66. The van der Waals surface area contributed by atoms with Crippen LogP contribution >= 0.6 is 34.7 Å². The molecule has 2 aromatic carbocycles. The van der Waals surface area contributed by atoms with Crippen LogP contribution in [-0.2, 0) is 11.2 Å². The van der Waals surface area contributed by atoms with Crippen molar-refractivity contribution < 1.29 is 4.79 Å². The second kappa shape index (κ2) is 8.46. The number of carbonyl (C=O) groups is 1. The molecule has 35 heavy (non-hydrogen) atoms. The van der Waals surface area contributed by atoms with Gasteiger partial charge in [0.2, 0.25) is 5.91 Å². The summed E-state index contributed by atoms with van der Waals surface area (Å²) >= 11 is 13.6. The van der Waals surface area contributed by atoms with E-state index in [0.717, 1.165) is 54.9 Å². The topological polar surface area (TPSA) is 66.1 Å². The fourth-order valence-corrected chi connectivity index (χ4v) is 8.06. The minimum Gasteiger partial charge on any atom is -0.335 e. The maximum absolute atomic E-state index is 14.4. The summed E-state index contributed by atoms with van der Waals surface area (Å²) < 4.78 is 4.39. The molecule has 6 rings (SSSR count). The van der Waals surface area contributed by atoms with Gasteiger partial charge >= 0.3 is 4.87 Å². The van der Waals surface area contributed by atoms with Gasteiger partial charge < -0.3 is 4.90 Å². The van der Waals surface area contributed by atoms with Gasteiger partial charge in [0.25, 0.3) is 0 Å². The van der Waals surface area contributed by atoms with Crippen LogP contribution in [0.25, 0.3) is 0 Å². The number of piperidine rings is 1. The summed E-state index contributed by atoms with van der Waals surface area (Å²) in [4.78, 5) is 31.2. The van der Waals surface area contributed by atoms with E-state index in [2.05, 4.69) is 39.4 Å². The second-order valence-corrected chi connectivity index (χ2v) is 12.2. The Balaban J connectivity index is 1.50. The van der Waals surface area contributed by atoms with Crippen LogP contribution in [0.2, 0.25) is 10.0 Å². The maximum Gasteiger partial charge on any atom is 0.323 e. The minimum absolute atomic E-state index is 0.0834. The number of nitrogens with zero attached hydrogens (tertiary/aromatic N) is 2. The normalized spacial score (nSPS) is 32.0. The fourth-order valence-electron chi connectivity index (χ4n) is 7.27. The number of hydrogen-bond acceptors (Lipinski definition) is 4. The zero-order valence-electron chi connectivity index (χ0n) is 19.5. The van der Waals surface area contributed by atoms with Gasteiger partial charge in [-0.3, -0.25) is 14.6 Å². The summed E-state index contributed by atoms with van der Waals surface area (Å²) in [5.74, 6) is 1.45. The summed E-state index contributed by atoms with van der Waals surface area (Å²) in [7, 11) is 0. The van der Waals surface area contributed by atoms with Crippen LogP contribution < -0.4 is 4.87 Å². The van der Waals surface area contributed by atoms with Crippen molar-refractivity contribution in [1.82, 2.24) is 14.3 Å². The summed E-state index contributed by atoms with van der Waals surface area (Å²) in [5, 5.41) is 1.39. The first-order valence-corrected chi connectivity index (χ1v) is 13.7. The fraction of sp³-hybridized carbons (Fsp3) is 0.444. The minimum atomic E-state index is -0.567. The lowest BCUT2D eigenvalue weighted by Gasteiger charge is -2.61. The number of aromatic nitrogens is 2. The van der Waals surface area contributed by atoms with E-state index in [0.29, 0.717) is 28.2 Å². The van der Waals surface area contributed by atoms with E-state index < -0.39 is 5.41 Å². The first kappa shape index (κ1) is 23.3. The standard InChI is InChI=1S/C27H27Cl2N3O2S/c1-26-14-21(17-3-2-4-20(29)13-17)23(16-5-7-19(28)8-6-16)32(24(26)33)12-10-18-9-11-27(18,26)15-22-30-25(34)35-31-22/h2-8,13,18,21,23H,9-12,14-15H2,1H3,(H,30,31,34)/t18?,21-,23-,26+,27?/m1/s1. The number of aromatic amines is 1. The molecule has 8 heteroatoms. The Labute approximate surface area is 218 Å². The monoisotopic (exact) mass is 527 g/mol. The number of carbonyl (C=O) groups excluding carboxylic acids is 1. The van der Waals surface area contributed by atoms with Crippen molar-refractivity contribution in [2.45, 2.75) is 51.0 Å². The molecular weight excluding hydrogens is 501 g/mol. The van der Waals surface area contributed by atoms with Gasteiger partial charge in [0, 0.05) is 40.5 Å². The lowest BCUT2D eigenvalue weighted by molar-refractivity contribution is -0.170. The molecule has 1 saturated carbocycles. The molecule has 0 spiro atoms. The van der Waals surface area contributed by atoms with Crippen molar-refractivity contribution in [3.05, 3.63) is 85.2 Å². The molecule has 0 radical (unpaired) electrons. The molecule has 5 nitrogen and oxygen atoms in total. The number of fused-ring (bicyclic) bond motifs is 4. The van der Waals surface area contributed by atoms with Gasteiger partial charge in [-0.25, -0.2) is 0 Å². The van der Waals surface area contributed by atoms with Crippen molar-refractivity contribution >= 4 is 40.6 Å². The van der Waals surface area contributed by atoms with Crippen molar-refractivity contribution in [3.63, 3.8) is 0 Å². The SMILES string of the molecule is C[C@@]12C[C@H](c3cccc(Cl)c3)[C@@H](c3ccc(Cl)cc3)N(CCC3CCC31Cc1nsc(=O)[nH]1)C2=O. The highest BCUT2D eigenvalue weighted by atomic mass is 35.5. The third-order valence-corrected chi connectivity index (χ3v) is 10.1. The lowest BCUT2D eigenvalue weighted by atomic mass is 9.44. The third kappa shape index (κ3) is 3.59. The molecule has 3 fully saturated rings. The van der Waals surface area contributed by atoms with E-state index in [1.54, 1.807) is 0 Å². The summed E-state index contributed by atoms with van der Waals surface area (Å²) in [5.41, 5.74) is 1.47. The quantitative estimate of drug-likeness (QED) is 0.436. The van der Waals surface area contributed by atoms with E-state index in [1.165, 1.54) is 0 Å². The third-order valence-electron chi connectivity index (χ3n) is 9.07. The Morgan fingerprint density at radius 3 is 2.54 bits per heavy atom. The van der Waals surface area contributed by atoms with Crippen molar-refractivity contribution in [3.8, 4) is 0 Å². The first-order valence-electron chi connectivity index (χ1n) is 12.2. The predicted octanol–water partition coefficient (Wildman–Crippen LogP) is 6.24. The Morgan fingerprint density at radius 2 is 1.89 bits per heavy atom. The molecule has 2 bridgehead atoms. The smallest absolute Gasteiger partial charge is 0.323 e. The molecular formula is C27H27Cl2N3O2S. The second-order valence-electron chi connectivity index (χ2n) is 10.6. The van der Waals surface area contributed by atoms with Gasteiger partial charge in [-0.15, -0.1) is 0 Å². The van der Waals surface area contributed by atoms with Crippen LogP contribution in [0.15, 0.2) is 53.3 Å². The number of nitrogens with one attached hydrogen (secondary N) is 1. The van der Waals surface area contributed by atoms with Gasteiger partial charge in [-0.2, -0.15) is 4.37 Å².